The van der Waals surface area contributed by atoms with Gasteiger partial charge in [-0.15, -0.1) is 0 Å². The lowest BCUT2D eigenvalue weighted by Crippen LogP contribution is -2.27. The molecule has 2 aromatic rings. The Morgan fingerprint density at radius 1 is 1.08 bits per heavy atom. The van der Waals surface area contributed by atoms with Gasteiger partial charge in [-0.05, 0) is 42.5 Å². The topological polar surface area (TPSA) is 84.9 Å². The zero-order chi connectivity index (χ0) is 19.3. The number of benzene rings is 2. The molecule has 0 radical (unpaired) electrons. The fourth-order valence-electron chi connectivity index (χ4n) is 2.40. The summed E-state index contributed by atoms with van der Waals surface area (Å²) < 4.78 is 37.4. The Kier molecular flexibility index (Phi) is 6.23. The van der Waals surface area contributed by atoms with Crippen molar-refractivity contribution < 1.29 is 22.7 Å². The van der Waals surface area contributed by atoms with Crippen molar-refractivity contribution in [3.05, 3.63) is 48.0 Å². The first-order valence-corrected chi connectivity index (χ1v) is 9.42. The zero-order valence-corrected chi connectivity index (χ0v) is 16.0. The van der Waals surface area contributed by atoms with Crippen molar-refractivity contribution in [2.75, 3.05) is 32.7 Å². The molecule has 0 saturated heterocycles. The minimum Gasteiger partial charge on any atom is -0.497 e. The molecule has 0 aliphatic heterocycles. The van der Waals surface area contributed by atoms with Crippen molar-refractivity contribution in [1.82, 2.24) is 4.72 Å². The van der Waals surface area contributed by atoms with Crippen LogP contribution in [-0.2, 0) is 10.0 Å². The number of methoxy groups -OCH3 is 2. The van der Waals surface area contributed by atoms with Crippen LogP contribution in [0.25, 0.3) is 0 Å². The van der Waals surface area contributed by atoms with Gasteiger partial charge in [0.25, 0.3) is 5.91 Å². The molecule has 0 aliphatic carbocycles. The molecule has 1 N–H and O–H groups in total. The molecule has 0 aliphatic rings. The van der Waals surface area contributed by atoms with Crippen molar-refractivity contribution in [1.29, 1.82) is 0 Å². The predicted molar refractivity (Wildman–Crippen MR) is 99.6 cm³/mol. The van der Waals surface area contributed by atoms with E-state index in [0.717, 1.165) is 0 Å². The van der Waals surface area contributed by atoms with Crippen LogP contribution >= 0.6 is 0 Å². The van der Waals surface area contributed by atoms with E-state index in [2.05, 4.69) is 4.72 Å². The first-order chi connectivity index (χ1) is 12.3. The number of nitrogens with one attached hydrogen (secondary N) is 1. The summed E-state index contributed by atoms with van der Waals surface area (Å²) >= 11 is 0. The first-order valence-electron chi connectivity index (χ1n) is 7.93. The van der Waals surface area contributed by atoms with Gasteiger partial charge in [-0.25, -0.2) is 13.1 Å². The molecule has 2 aromatic carbocycles. The number of ether oxygens (including phenoxy) is 2. The van der Waals surface area contributed by atoms with Gasteiger partial charge in [-0.2, -0.15) is 0 Å². The van der Waals surface area contributed by atoms with Crippen LogP contribution in [0.15, 0.2) is 47.4 Å². The zero-order valence-electron chi connectivity index (χ0n) is 15.1. The quantitative estimate of drug-likeness (QED) is 0.799. The van der Waals surface area contributed by atoms with Gasteiger partial charge < -0.3 is 14.4 Å². The van der Waals surface area contributed by atoms with Crippen LogP contribution in [0.3, 0.4) is 0 Å². The second kappa shape index (κ2) is 8.20. The number of hydrogen-bond acceptors (Lipinski definition) is 5. The highest BCUT2D eigenvalue weighted by Gasteiger charge is 2.22. The lowest BCUT2D eigenvalue weighted by Gasteiger charge is -2.19. The SMILES string of the molecule is CCNS(=O)(=O)c1cc(C(=O)N(C)c2ccc(OC)cc2)ccc1OC. The number of hydrogen-bond donors (Lipinski definition) is 1. The second-order valence-electron chi connectivity index (χ2n) is 5.43. The number of rotatable bonds is 7. The van der Waals surface area contributed by atoms with Crippen LogP contribution in [0.4, 0.5) is 5.69 Å². The van der Waals surface area contributed by atoms with Crippen molar-refractivity contribution >= 4 is 21.6 Å². The molecule has 1 amide bonds. The van der Waals surface area contributed by atoms with Gasteiger partial charge in [0.1, 0.15) is 16.4 Å². The third-order valence-corrected chi connectivity index (χ3v) is 5.37. The van der Waals surface area contributed by atoms with Crippen molar-refractivity contribution in [3.8, 4) is 11.5 Å². The second-order valence-corrected chi connectivity index (χ2v) is 7.16. The predicted octanol–water partition coefficient (Wildman–Crippen LogP) is 2.28. The summed E-state index contributed by atoms with van der Waals surface area (Å²) in [7, 11) is 0.790. The largest absolute Gasteiger partial charge is 0.497 e. The fourth-order valence-corrected chi connectivity index (χ4v) is 3.64. The maximum Gasteiger partial charge on any atom is 0.258 e. The average molecular weight is 378 g/mol. The van der Waals surface area contributed by atoms with Crippen molar-refractivity contribution in [2.24, 2.45) is 0 Å². The minimum atomic E-state index is -3.77. The Bertz CT molecular complexity index is 879. The van der Waals surface area contributed by atoms with E-state index in [9.17, 15) is 13.2 Å². The van der Waals surface area contributed by atoms with Gasteiger partial charge in [0.05, 0.1) is 14.2 Å². The van der Waals surface area contributed by atoms with E-state index in [1.54, 1.807) is 45.3 Å². The van der Waals surface area contributed by atoms with Crippen molar-refractivity contribution in [2.45, 2.75) is 11.8 Å². The summed E-state index contributed by atoms with van der Waals surface area (Å²) in [6, 6.07) is 11.3. The van der Waals surface area contributed by atoms with E-state index in [-0.39, 0.29) is 28.7 Å². The number of sulfonamides is 1. The summed E-state index contributed by atoms with van der Waals surface area (Å²) in [5.41, 5.74) is 0.892. The lowest BCUT2D eigenvalue weighted by atomic mass is 10.1. The van der Waals surface area contributed by atoms with E-state index in [0.29, 0.717) is 11.4 Å². The molecule has 26 heavy (non-hydrogen) atoms. The van der Waals surface area contributed by atoms with E-state index >= 15 is 0 Å². The Hall–Kier alpha value is -2.58. The monoisotopic (exact) mass is 378 g/mol. The van der Waals surface area contributed by atoms with E-state index in [4.69, 9.17) is 9.47 Å². The number of anilines is 1. The lowest BCUT2D eigenvalue weighted by molar-refractivity contribution is 0.0992. The molecule has 7 nitrogen and oxygen atoms in total. The molecule has 0 saturated carbocycles. The average Bonchev–Trinajstić information content (AvgIpc) is 2.66. The molecule has 8 heteroatoms. The van der Waals surface area contributed by atoms with Gasteiger partial charge in [-0.1, -0.05) is 6.92 Å². The highest BCUT2D eigenvalue weighted by molar-refractivity contribution is 7.89. The fraction of sp³-hybridized carbons (Fsp3) is 0.278. The van der Waals surface area contributed by atoms with E-state index < -0.39 is 10.0 Å². The molecule has 140 valence electrons. The summed E-state index contributed by atoms with van der Waals surface area (Å²) in [5, 5.41) is 0. The van der Waals surface area contributed by atoms with Crippen LogP contribution in [0.1, 0.15) is 17.3 Å². The normalized spacial score (nSPS) is 11.1. The highest BCUT2D eigenvalue weighted by atomic mass is 32.2. The molecule has 0 fully saturated rings. The Morgan fingerprint density at radius 3 is 2.27 bits per heavy atom. The van der Waals surface area contributed by atoms with Crippen LogP contribution in [0, 0.1) is 0 Å². The smallest absolute Gasteiger partial charge is 0.258 e. The van der Waals surface area contributed by atoms with Gasteiger partial charge in [0.2, 0.25) is 10.0 Å². The van der Waals surface area contributed by atoms with Crippen LogP contribution in [-0.4, -0.2) is 42.1 Å². The molecular formula is C18H22N2O5S. The van der Waals surface area contributed by atoms with Crippen LogP contribution in [0.2, 0.25) is 0 Å². The Morgan fingerprint density at radius 2 is 1.73 bits per heavy atom. The van der Waals surface area contributed by atoms with E-state index in [1.807, 2.05) is 0 Å². The summed E-state index contributed by atoms with van der Waals surface area (Å²) in [6.45, 7) is 1.91. The highest BCUT2D eigenvalue weighted by Crippen LogP contribution is 2.26. The molecular weight excluding hydrogens is 356 g/mol. The van der Waals surface area contributed by atoms with Crippen molar-refractivity contribution in [3.63, 3.8) is 0 Å². The number of carbonyl (C=O) groups excluding carboxylic acids is 1. The third-order valence-electron chi connectivity index (χ3n) is 3.80. The number of amides is 1. The molecule has 0 bridgehead atoms. The van der Waals surface area contributed by atoms with Gasteiger partial charge in [0.15, 0.2) is 0 Å². The Balaban J connectivity index is 2.39. The van der Waals surface area contributed by atoms with Crippen LogP contribution < -0.4 is 19.1 Å². The maximum atomic E-state index is 12.8. The summed E-state index contributed by atoms with van der Waals surface area (Å²) in [4.78, 5) is 14.1. The molecule has 0 spiro atoms. The first kappa shape index (κ1) is 19.7. The molecule has 0 heterocycles. The molecule has 0 unspecified atom stereocenters. The molecule has 2 rings (SSSR count). The van der Waals surface area contributed by atoms with Gasteiger partial charge in [-0.3, -0.25) is 4.79 Å². The molecule has 0 aromatic heterocycles. The van der Waals surface area contributed by atoms with Crippen LogP contribution in [0.5, 0.6) is 11.5 Å². The van der Waals surface area contributed by atoms with E-state index in [1.165, 1.54) is 30.2 Å². The molecule has 0 atom stereocenters. The summed E-state index contributed by atoms with van der Waals surface area (Å²) in [5.74, 6) is 0.512. The standard InChI is InChI=1S/C18H22N2O5S/c1-5-19-26(22,23)17-12-13(6-11-16(17)25-4)18(21)20(2)14-7-9-15(24-3)10-8-14/h6-12,19H,5H2,1-4H3. The summed E-state index contributed by atoms with van der Waals surface area (Å²) in [6.07, 6.45) is 0. The van der Waals surface area contributed by atoms with Gasteiger partial charge >= 0.3 is 0 Å². The minimum absolute atomic E-state index is 0.0733. The number of carbonyl (C=O) groups is 1. The maximum absolute atomic E-state index is 12.8. The van der Waals surface area contributed by atoms with Gasteiger partial charge in [0, 0.05) is 24.8 Å². The third kappa shape index (κ3) is 4.14. The number of nitrogens with zero attached hydrogens (tertiary/aromatic N) is 1. The Labute approximate surface area is 153 Å².